The zero-order valence-electron chi connectivity index (χ0n) is 14.1. The van der Waals surface area contributed by atoms with E-state index in [4.69, 9.17) is 0 Å². The summed E-state index contributed by atoms with van der Waals surface area (Å²) in [5.41, 5.74) is 2.70. The number of hydrogen-bond donors (Lipinski definition) is 1. The molecule has 1 aromatic carbocycles. The Balaban J connectivity index is 1.70. The predicted molar refractivity (Wildman–Crippen MR) is 90.7 cm³/mol. The molecule has 4 nitrogen and oxygen atoms in total. The Labute approximate surface area is 134 Å². The van der Waals surface area contributed by atoms with Crippen molar-refractivity contribution in [2.45, 2.75) is 27.3 Å². The number of piperazine rings is 1. The molecule has 0 aliphatic carbocycles. The maximum absolute atomic E-state index is 11.9. The predicted octanol–water partition coefficient (Wildman–Crippen LogP) is 1.88. The van der Waals surface area contributed by atoms with E-state index >= 15 is 0 Å². The maximum Gasteiger partial charge on any atom is 0.234 e. The summed E-state index contributed by atoms with van der Waals surface area (Å²) in [6.07, 6.45) is 0. The maximum atomic E-state index is 11.9. The molecule has 1 heterocycles. The van der Waals surface area contributed by atoms with E-state index in [0.29, 0.717) is 12.5 Å². The van der Waals surface area contributed by atoms with Crippen molar-refractivity contribution in [3.05, 3.63) is 35.4 Å². The first-order valence-electron chi connectivity index (χ1n) is 8.30. The summed E-state index contributed by atoms with van der Waals surface area (Å²) >= 11 is 0. The number of rotatable bonds is 6. The van der Waals surface area contributed by atoms with Crippen LogP contribution in [0.3, 0.4) is 0 Å². The Morgan fingerprint density at radius 2 is 1.86 bits per heavy atom. The molecule has 1 fully saturated rings. The van der Waals surface area contributed by atoms with Crippen molar-refractivity contribution in [3.8, 4) is 0 Å². The van der Waals surface area contributed by atoms with Crippen molar-refractivity contribution in [1.82, 2.24) is 15.1 Å². The van der Waals surface area contributed by atoms with E-state index in [0.717, 1.165) is 39.3 Å². The highest BCUT2D eigenvalue weighted by Gasteiger charge is 2.18. The Bertz CT molecular complexity index is 479. The van der Waals surface area contributed by atoms with Crippen LogP contribution in [-0.2, 0) is 11.3 Å². The molecule has 1 aliphatic rings. The van der Waals surface area contributed by atoms with Crippen LogP contribution in [0.2, 0.25) is 0 Å². The second-order valence-corrected chi connectivity index (χ2v) is 6.74. The van der Waals surface area contributed by atoms with Gasteiger partial charge in [-0.2, -0.15) is 0 Å². The van der Waals surface area contributed by atoms with E-state index in [2.05, 4.69) is 60.2 Å². The van der Waals surface area contributed by atoms with Gasteiger partial charge in [-0.15, -0.1) is 0 Å². The van der Waals surface area contributed by atoms with Crippen LogP contribution in [0, 0.1) is 12.8 Å². The minimum absolute atomic E-state index is 0.154. The zero-order chi connectivity index (χ0) is 15.9. The van der Waals surface area contributed by atoms with Gasteiger partial charge in [0.15, 0.2) is 0 Å². The quantitative estimate of drug-likeness (QED) is 0.872. The number of carbonyl (C=O) groups excluding carboxylic acids is 1. The van der Waals surface area contributed by atoms with E-state index in [-0.39, 0.29) is 5.91 Å². The minimum atomic E-state index is 0.154. The minimum Gasteiger partial charge on any atom is -0.355 e. The molecule has 122 valence electrons. The van der Waals surface area contributed by atoms with E-state index in [9.17, 15) is 4.79 Å². The summed E-state index contributed by atoms with van der Waals surface area (Å²) in [5.74, 6) is 0.663. The van der Waals surface area contributed by atoms with Gasteiger partial charge in [0.1, 0.15) is 0 Å². The standard InChI is InChI=1S/C18H29N3O/c1-15(2)12-19-18(22)14-21-9-7-20(8-10-21)13-17-6-4-5-16(3)11-17/h4-6,11,15H,7-10,12-14H2,1-3H3,(H,19,22). The number of benzene rings is 1. The largest absolute Gasteiger partial charge is 0.355 e. The molecule has 0 aromatic heterocycles. The van der Waals surface area contributed by atoms with Gasteiger partial charge in [-0.05, 0) is 18.4 Å². The highest BCUT2D eigenvalue weighted by atomic mass is 16.2. The molecule has 1 aliphatic heterocycles. The Hall–Kier alpha value is -1.39. The molecule has 0 atom stereocenters. The van der Waals surface area contributed by atoms with Gasteiger partial charge in [0.2, 0.25) is 5.91 Å². The van der Waals surface area contributed by atoms with Crippen molar-refractivity contribution in [3.63, 3.8) is 0 Å². The molecule has 0 unspecified atom stereocenters. The second-order valence-electron chi connectivity index (χ2n) is 6.74. The second kappa shape index (κ2) is 8.30. The summed E-state index contributed by atoms with van der Waals surface area (Å²) in [6.45, 7) is 12.7. The van der Waals surface area contributed by atoms with Crippen LogP contribution >= 0.6 is 0 Å². The van der Waals surface area contributed by atoms with Gasteiger partial charge in [-0.25, -0.2) is 0 Å². The third kappa shape index (κ3) is 5.78. The molecule has 1 aromatic rings. The first-order valence-corrected chi connectivity index (χ1v) is 8.30. The van der Waals surface area contributed by atoms with Crippen LogP contribution < -0.4 is 5.32 Å². The van der Waals surface area contributed by atoms with Crippen LogP contribution in [0.1, 0.15) is 25.0 Å². The van der Waals surface area contributed by atoms with Gasteiger partial charge in [-0.3, -0.25) is 14.6 Å². The van der Waals surface area contributed by atoms with Crippen LogP contribution in [0.5, 0.6) is 0 Å². The topological polar surface area (TPSA) is 35.6 Å². The molecule has 0 spiro atoms. The average Bonchev–Trinajstić information content (AvgIpc) is 2.47. The highest BCUT2D eigenvalue weighted by molar-refractivity contribution is 5.78. The van der Waals surface area contributed by atoms with Gasteiger partial charge < -0.3 is 5.32 Å². The summed E-state index contributed by atoms with van der Waals surface area (Å²) in [7, 11) is 0. The van der Waals surface area contributed by atoms with Crippen LogP contribution in [0.4, 0.5) is 0 Å². The third-order valence-corrected chi connectivity index (χ3v) is 4.03. The van der Waals surface area contributed by atoms with Crippen LogP contribution in [0.25, 0.3) is 0 Å². The first kappa shape index (κ1) is 17.0. The molecule has 0 bridgehead atoms. The van der Waals surface area contributed by atoms with Crippen LogP contribution in [-0.4, -0.2) is 55.0 Å². The number of nitrogens with zero attached hydrogens (tertiary/aromatic N) is 2. The van der Waals surface area contributed by atoms with Crippen molar-refractivity contribution in [1.29, 1.82) is 0 Å². The van der Waals surface area contributed by atoms with Gasteiger partial charge in [0, 0.05) is 39.3 Å². The lowest BCUT2D eigenvalue weighted by Crippen LogP contribution is -2.49. The van der Waals surface area contributed by atoms with Gasteiger partial charge in [0.25, 0.3) is 0 Å². The van der Waals surface area contributed by atoms with Crippen LogP contribution in [0.15, 0.2) is 24.3 Å². The van der Waals surface area contributed by atoms with Gasteiger partial charge >= 0.3 is 0 Å². The Morgan fingerprint density at radius 1 is 1.18 bits per heavy atom. The first-order chi connectivity index (χ1) is 10.5. The summed E-state index contributed by atoms with van der Waals surface area (Å²) in [5, 5.41) is 2.99. The lowest BCUT2D eigenvalue weighted by molar-refractivity contribution is -0.122. The average molecular weight is 303 g/mol. The lowest BCUT2D eigenvalue weighted by Gasteiger charge is -2.34. The SMILES string of the molecule is Cc1cccc(CN2CCN(CC(=O)NCC(C)C)CC2)c1. The van der Waals surface area contributed by atoms with E-state index in [1.807, 2.05) is 0 Å². The fourth-order valence-corrected chi connectivity index (χ4v) is 2.75. The Morgan fingerprint density at radius 3 is 2.50 bits per heavy atom. The molecule has 2 rings (SSSR count). The normalized spacial score (nSPS) is 16.9. The van der Waals surface area contributed by atoms with Gasteiger partial charge in [-0.1, -0.05) is 43.7 Å². The van der Waals surface area contributed by atoms with Crippen molar-refractivity contribution < 1.29 is 4.79 Å². The fourth-order valence-electron chi connectivity index (χ4n) is 2.75. The molecular weight excluding hydrogens is 274 g/mol. The van der Waals surface area contributed by atoms with E-state index < -0.39 is 0 Å². The molecule has 1 N–H and O–H groups in total. The Kier molecular flexibility index (Phi) is 6.40. The summed E-state index contributed by atoms with van der Waals surface area (Å²) < 4.78 is 0. The number of nitrogens with one attached hydrogen (secondary N) is 1. The number of hydrogen-bond acceptors (Lipinski definition) is 3. The molecule has 1 saturated heterocycles. The smallest absolute Gasteiger partial charge is 0.234 e. The lowest BCUT2D eigenvalue weighted by atomic mass is 10.1. The molecule has 4 heteroatoms. The van der Waals surface area contributed by atoms with Gasteiger partial charge in [0.05, 0.1) is 6.54 Å². The summed E-state index contributed by atoms with van der Waals surface area (Å²) in [4.78, 5) is 16.6. The third-order valence-electron chi connectivity index (χ3n) is 4.03. The monoisotopic (exact) mass is 303 g/mol. The summed E-state index contributed by atoms with van der Waals surface area (Å²) in [6, 6.07) is 8.71. The molecule has 22 heavy (non-hydrogen) atoms. The zero-order valence-corrected chi connectivity index (χ0v) is 14.1. The molecular formula is C18H29N3O. The fraction of sp³-hybridized carbons (Fsp3) is 0.611. The molecule has 0 saturated carbocycles. The van der Waals surface area contributed by atoms with Crippen molar-refractivity contribution in [2.24, 2.45) is 5.92 Å². The molecule has 1 amide bonds. The number of aryl methyl sites for hydroxylation is 1. The number of carbonyl (C=O) groups is 1. The number of amides is 1. The van der Waals surface area contributed by atoms with E-state index in [1.54, 1.807) is 0 Å². The van der Waals surface area contributed by atoms with E-state index in [1.165, 1.54) is 11.1 Å². The van der Waals surface area contributed by atoms with Crippen molar-refractivity contribution in [2.75, 3.05) is 39.3 Å². The highest BCUT2D eigenvalue weighted by Crippen LogP contribution is 2.10. The van der Waals surface area contributed by atoms with Crippen molar-refractivity contribution >= 4 is 5.91 Å². The molecule has 0 radical (unpaired) electrons.